The molecule has 0 N–H and O–H groups in total. The van der Waals surface area contributed by atoms with Crippen LogP contribution in [-0.4, -0.2) is 25.3 Å². The zero-order valence-electron chi connectivity index (χ0n) is 16.1. The molecule has 0 aliphatic heterocycles. The van der Waals surface area contributed by atoms with Crippen LogP contribution in [0.4, 0.5) is 0 Å². The van der Waals surface area contributed by atoms with Gasteiger partial charge in [-0.2, -0.15) is 5.26 Å². The lowest BCUT2D eigenvalue weighted by Gasteiger charge is -2.15. The number of aromatic nitrogens is 2. The van der Waals surface area contributed by atoms with E-state index in [-0.39, 0.29) is 16.2 Å². The van der Waals surface area contributed by atoms with E-state index in [2.05, 4.69) is 27.2 Å². The molecule has 2 aromatic heterocycles. The Morgan fingerprint density at radius 3 is 2.68 bits per heavy atom. The van der Waals surface area contributed by atoms with Crippen molar-refractivity contribution in [2.45, 2.75) is 10.6 Å². The molecule has 0 atom stereocenters. The van der Waals surface area contributed by atoms with Crippen LogP contribution < -0.4 is 10.3 Å². The fourth-order valence-electron chi connectivity index (χ4n) is 3.22. The van der Waals surface area contributed by atoms with E-state index in [1.807, 2.05) is 0 Å². The van der Waals surface area contributed by atoms with Crippen LogP contribution in [0, 0.1) is 11.3 Å². The predicted octanol–water partition coefficient (Wildman–Crippen LogP) is 3.60. The van der Waals surface area contributed by atoms with Gasteiger partial charge < -0.3 is 9.26 Å². The fraction of sp³-hybridized carbons (Fsp3) is 0.0952. The van der Waals surface area contributed by atoms with Crippen LogP contribution in [-0.2, 0) is 15.6 Å². The minimum atomic E-state index is -3.68. The van der Waals surface area contributed by atoms with Crippen molar-refractivity contribution in [1.29, 1.82) is 5.26 Å². The highest BCUT2D eigenvalue weighted by atomic mass is 79.9. The SMILES string of the molecule is COc1cc(Br)c(C#N)cc1-n1c(=O)ccc2cc(S(=O)(=O)Cc3ccon3)ccc21. The van der Waals surface area contributed by atoms with E-state index in [9.17, 15) is 18.5 Å². The van der Waals surface area contributed by atoms with Crippen LogP contribution in [0.3, 0.4) is 0 Å². The number of benzene rings is 2. The number of pyridine rings is 1. The number of hydrogen-bond donors (Lipinski definition) is 0. The fourth-order valence-corrected chi connectivity index (χ4v) is 4.92. The second kappa shape index (κ2) is 8.02. The van der Waals surface area contributed by atoms with Gasteiger partial charge in [-0.3, -0.25) is 9.36 Å². The van der Waals surface area contributed by atoms with Crippen LogP contribution in [0.1, 0.15) is 11.3 Å². The molecular weight excluding hydrogens is 486 g/mol. The molecule has 31 heavy (non-hydrogen) atoms. The van der Waals surface area contributed by atoms with Gasteiger partial charge in [0.1, 0.15) is 23.8 Å². The van der Waals surface area contributed by atoms with Crippen LogP contribution in [0.25, 0.3) is 16.6 Å². The third-order valence-electron chi connectivity index (χ3n) is 4.68. The van der Waals surface area contributed by atoms with Gasteiger partial charge in [0.05, 0.1) is 34.5 Å². The number of nitrogens with zero attached hydrogens (tertiary/aromatic N) is 3. The highest BCUT2D eigenvalue weighted by molar-refractivity contribution is 9.10. The molecule has 4 rings (SSSR count). The first-order valence-electron chi connectivity index (χ1n) is 8.90. The van der Waals surface area contributed by atoms with E-state index < -0.39 is 9.84 Å². The van der Waals surface area contributed by atoms with Gasteiger partial charge in [-0.05, 0) is 52.3 Å². The number of rotatable bonds is 5. The lowest BCUT2D eigenvalue weighted by Crippen LogP contribution is -2.18. The molecule has 0 amide bonds. The molecule has 4 aromatic rings. The number of methoxy groups -OCH3 is 1. The van der Waals surface area contributed by atoms with Gasteiger partial charge in [0, 0.05) is 22.0 Å². The van der Waals surface area contributed by atoms with Gasteiger partial charge in [-0.1, -0.05) is 5.16 Å². The topological polar surface area (TPSA) is 115 Å². The molecule has 156 valence electrons. The third-order valence-corrected chi connectivity index (χ3v) is 6.99. The molecule has 10 heteroatoms. The van der Waals surface area contributed by atoms with E-state index in [0.717, 1.165) is 0 Å². The van der Waals surface area contributed by atoms with Gasteiger partial charge in [0.25, 0.3) is 5.56 Å². The highest BCUT2D eigenvalue weighted by Crippen LogP contribution is 2.31. The highest BCUT2D eigenvalue weighted by Gasteiger charge is 2.19. The minimum absolute atomic E-state index is 0.0914. The Balaban J connectivity index is 1.91. The monoisotopic (exact) mass is 499 g/mol. The summed E-state index contributed by atoms with van der Waals surface area (Å²) in [4.78, 5) is 12.8. The lowest BCUT2D eigenvalue weighted by molar-refractivity contribution is 0.412. The molecule has 2 aromatic carbocycles. The summed E-state index contributed by atoms with van der Waals surface area (Å²) in [6, 6.07) is 14.1. The molecule has 0 aliphatic rings. The van der Waals surface area contributed by atoms with Crippen molar-refractivity contribution in [1.82, 2.24) is 9.72 Å². The van der Waals surface area contributed by atoms with Crippen molar-refractivity contribution >= 4 is 36.7 Å². The van der Waals surface area contributed by atoms with Crippen LogP contribution in [0.2, 0.25) is 0 Å². The Bertz CT molecular complexity index is 1500. The van der Waals surface area contributed by atoms with Crippen molar-refractivity contribution in [3.05, 3.63) is 80.9 Å². The van der Waals surface area contributed by atoms with Gasteiger partial charge in [-0.25, -0.2) is 8.42 Å². The molecule has 0 aliphatic carbocycles. The summed E-state index contributed by atoms with van der Waals surface area (Å²) >= 11 is 3.31. The number of sulfone groups is 1. The van der Waals surface area contributed by atoms with Gasteiger partial charge in [0.2, 0.25) is 0 Å². The molecule has 0 fully saturated rings. The third kappa shape index (κ3) is 3.85. The Labute approximate surface area is 185 Å². The molecule has 8 nitrogen and oxygen atoms in total. The number of fused-ring (bicyclic) bond motifs is 1. The number of halogens is 1. The molecule has 0 radical (unpaired) electrons. The quantitative estimate of drug-likeness (QED) is 0.411. The van der Waals surface area contributed by atoms with E-state index in [0.29, 0.717) is 38.1 Å². The molecule has 0 bridgehead atoms. The summed E-state index contributed by atoms with van der Waals surface area (Å²) in [5.41, 5.74) is 1.11. The van der Waals surface area contributed by atoms with Crippen LogP contribution in [0.15, 0.2) is 73.5 Å². The first-order valence-corrected chi connectivity index (χ1v) is 11.3. The maximum atomic E-state index is 12.8. The molecule has 0 saturated heterocycles. The van der Waals surface area contributed by atoms with Crippen LogP contribution >= 0.6 is 15.9 Å². The number of ether oxygens (including phenoxy) is 1. The van der Waals surface area contributed by atoms with E-state index in [4.69, 9.17) is 9.26 Å². The van der Waals surface area contributed by atoms with Crippen molar-refractivity contribution < 1.29 is 17.7 Å². The predicted molar refractivity (Wildman–Crippen MR) is 116 cm³/mol. The van der Waals surface area contributed by atoms with Crippen molar-refractivity contribution in [2.24, 2.45) is 0 Å². The molecule has 0 saturated carbocycles. The summed E-state index contributed by atoms with van der Waals surface area (Å²) in [5.74, 6) is 0.0731. The second-order valence-corrected chi connectivity index (χ2v) is 9.44. The van der Waals surface area contributed by atoms with Crippen molar-refractivity contribution in [2.75, 3.05) is 7.11 Å². The van der Waals surface area contributed by atoms with Crippen molar-refractivity contribution in [3.8, 4) is 17.5 Å². The summed E-state index contributed by atoms with van der Waals surface area (Å²) in [7, 11) is -2.21. The zero-order valence-corrected chi connectivity index (χ0v) is 18.5. The first kappa shape index (κ1) is 20.8. The van der Waals surface area contributed by atoms with E-state index in [1.165, 1.54) is 42.2 Å². The van der Waals surface area contributed by atoms with Crippen LogP contribution in [0.5, 0.6) is 5.75 Å². The van der Waals surface area contributed by atoms with Gasteiger partial charge >= 0.3 is 0 Å². The first-order chi connectivity index (χ1) is 14.8. The number of hydrogen-bond acceptors (Lipinski definition) is 7. The summed E-state index contributed by atoms with van der Waals surface area (Å²) < 4.78 is 37.6. The normalized spacial score (nSPS) is 11.4. The summed E-state index contributed by atoms with van der Waals surface area (Å²) in [6.45, 7) is 0. The summed E-state index contributed by atoms with van der Waals surface area (Å²) in [5, 5.41) is 13.6. The molecular formula is C21H14BrN3O5S. The Kier molecular flexibility index (Phi) is 5.39. The molecule has 0 unspecified atom stereocenters. The summed E-state index contributed by atoms with van der Waals surface area (Å²) in [6.07, 6.45) is 1.31. The average Bonchev–Trinajstić information content (AvgIpc) is 3.25. The standard InChI is InChI=1S/C21H14BrN3O5S/c1-29-20-10-17(22)14(11-23)9-19(20)25-18-4-3-16(8-13(18)2-5-21(25)26)31(27,28)12-15-6-7-30-24-15/h2-10H,12H2,1H3. The lowest BCUT2D eigenvalue weighted by atomic mass is 10.1. The van der Waals surface area contributed by atoms with Gasteiger partial charge in [-0.15, -0.1) is 0 Å². The Morgan fingerprint density at radius 1 is 1.19 bits per heavy atom. The van der Waals surface area contributed by atoms with E-state index >= 15 is 0 Å². The maximum Gasteiger partial charge on any atom is 0.255 e. The zero-order chi connectivity index (χ0) is 22.2. The van der Waals surface area contributed by atoms with E-state index in [1.54, 1.807) is 24.3 Å². The molecule has 2 heterocycles. The van der Waals surface area contributed by atoms with Crippen molar-refractivity contribution in [3.63, 3.8) is 0 Å². The smallest absolute Gasteiger partial charge is 0.255 e. The second-order valence-electron chi connectivity index (χ2n) is 6.59. The Morgan fingerprint density at radius 2 is 2.00 bits per heavy atom. The largest absolute Gasteiger partial charge is 0.495 e. The number of nitriles is 1. The Hall–Kier alpha value is -3.42. The average molecular weight is 500 g/mol. The molecule has 0 spiro atoms. The minimum Gasteiger partial charge on any atom is -0.495 e. The van der Waals surface area contributed by atoms with Gasteiger partial charge in [0.15, 0.2) is 9.84 Å². The maximum absolute atomic E-state index is 12.8.